The monoisotopic (exact) mass is 251 g/mol. The smallest absolute Gasteiger partial charge is 0.229 e. The van der Waals surface area contributed by atoms with Crippen molar-refractivity contribution in [1.29, 1.82) is 0 Å². The van der Waals surface area contributed by atoms with Crippen LogP contribution in [-0.4, -0.2) is 24.2 Å². The Morgan fingerprint density at radius 2 is 1.78 bits per heavy atom. The van der Waals surface area contributed by atoms with Crippen LogP contribution in [0.25, 0.3) is 0 Å². The van der Waals surface area contributed by atoms with Gasteiger partial charge in [0.2, 0.25) is 5.91 Å². The Bertz CT molecular complexity index is 410. The molecule has 1 fully saturated rings. The van der Waals surface area contributed by atoms with Gasteiger partial charge in [-0.3, -0.25) is 4.79 Å². The summed E-state index contributed by atoms with van der Waals surface area (Å²) < 4.78 is 12.8. The summed E-state index contributed by atoms with van der Waals surface area (Å²) in [6.45, 7) is 0. The van der Waals surface area contributed by atoms with Crippen LogP contribution in [-0.2, 0) is 4.79 Å². The van der Waals surface area contributed by atoms with Gasteiger partial charge in [-0.05, 0) is 49.9 Å². The Balaban J connectivity index is 2.02. The minimum Gasteiger partial charge on any atom is -0.393 e. The highest BCUT2D eigenvalue weighted by atomic mass is 19.1. The number of amides is 1. The maximum atomic E-state index is 12.8. The lowest BCUT2D eigenvalue weighted by molar-refractivity contribution is -0.123. The van der Waals surface area contributed by atoms with Gasteiger partial charge in [-0.2, -0.15) is 0 Å². The van der Waals surface area contributed by atoms with Crippen LogP contribution in [0.1, 0.15) is 25.7 Å². The molecule has 0 aliphatic heterocycles. The van der Waals surface area contributed by atoms with Crippen LogP contribution in [0.3, 0.4) is 0 Å². The summed E-state index contributed by atoms with van der Waals surface area (Å²) in [5.41, 5.74) is 0.701. The molecular formula is C14H18FNO2. The van der Waals surface area contributed by atoms with Gasteiger partial charge >= 0.3 is 0 Å². The van der Waals surface area contributed by atoms with Gasteiger partial charge in [0.15, 0.2) is 0 Å². The number of benzene rings is 1. The molecule has 0 spiro atoms. The minimum absolute atomic E-state index is 0.0246. The van der Waals surface area contributed by atoms with Gasteiger partial charge in [-0.25, -0.2) is 4.39 Å². The van der Waals surface area contributed by atoms with Gasteiger partial charge in [-0.1, -0.05) is 0 Å². The van der Waals surface area contributed by atoms with Crippen molar-refractivity contribution in [2.75, 3.05) is 11.9 Å². The van der Waals surface area contributed by atoms with E-state index in [9.17, 15) is 14.3 Å². The fourth-order valence-corrected chi connectivity index (χ4v) is 2.39. The predicted molar refractivity (Wildman–Crippen MR) is 67.8 cm³/mol. The van der Waals surface area contributed by atoms with Crippen molar-refractivity contribution in [1.82, 2.24) is 0 Å². The molecule has 4 heteroatoms. The van der Waals surface area contributed by atoms with Crippen molar-refractivity contribution >= 4 is 11.6 Å². The van der Waals surface area contributed by atoms with Crippen LogP contribution < -0.4 is 4.90 Å². The summed E-state index contributed by atoms with van der Waals surface area (Å²) in [5.74, 6) is -0.280. The minimum atomic E-state index is -0.305. The van der Waals surface area contributed by atoms with Crippen molar-refractivity contribution in [3.63, 3.8) is 0 Å². The first kappa shape index (κ1) is 13.0. The van der Waals surface area contributed by atoms with Crippen LogP contribution >= 0.6 is 0 Å². The van der Waals surface area contributed by atoms with Gasteiger partial charge in [0.25, 0.3) is 0 Å². The second-order valence-corrected chi connectivity index (χ2v) is 4.88. The Labute approximate surface area is 106 Å². The Kier molecular flexibility index (Phi) is 3.97. The summed E-state index contributed by atoms with van der Waals surface area (Å²) in [6.07, 6.45) is 2.57. The van der Waals surface area contributed by atoms with Crippen molar-refractivity contribution in [3.05, 3.63) is 30.1 Å². The lowest BCUT2D eigenvalue weighted by Gasteiger charge is -2.28. The fourth-order valence-electron chi connectivity index (χ4n) is 2.39. The van der Waals surface area contributed by atoms with Crippen molar-refractivity contribution in [2.24, 2.45) is 5.92 Å². The average Bonchev–Trinajstić information content (AvgIpc) is 2.39. The molecule has 18 heavy (non-hydrogen) atoms. The van der Waals surface area contributed by atoms with Crippen LogP contribution in [0.5, 0.6) is 0 Å². The lowest BCUT2D eigenvalue weighted by Crippen LogP contribution is -2.35. The van der Waals surface area contributed by atoms with Crippen molar-refractivity contribution in [3.8, 4) is 0 Å². The number of anilines is 1. The van der Waals surface area contributed by atoms with Gasteiger partial charge in [0.1, 0.15) is 5.82 Å². The number of hydrogen-bond acceptors (Lipinski definition) is 2. The number of aliphatic hydroxyl groups is 1. The first-order valence-corrected chi connectivity index (χ1v) is 6.29. The molecule has 3 nitrogen and oxygen atoms in total. The summed E-state index contributed by atoms with van der Waals surface area (Å²) in [4.78, 5) is 13.8. The molecule has 0 heterocycles. The van der Waals surface area contributed by atoms with E-state index in [-0.39, 0.29) is 23.7 Å². The highest BCUT2D eigenvalue weighted by molar-refractivity contribution is 5.94. The predicted octanol–water partition coefficient (Wildman–Crippen LogP) is 2.34. The number of nitrogens with zero attached hydrogens (tertiary/aromatic N) is 1. The molecule has 1 aliphatic carbocycles. The molecule has 0 bridgehead atoms. The first-order valence-electron chi connectivity index (χ1n) is 6.29. The maximum absolute atomic E-state index is 12.8. The number of carbonyl (C=O) groups excluding carboxylic acids is 1. The summed E-state index contributed by atoms with van der Waals surface area (Å²) in [7, 11) is 1.71. The molecule has 0 unspecified atom stereocenters. The topological polar surface area (TPSA) is 40.5 Å². The zero-order chi connectivity index (χ0) is 13.1. The average molecular weight is 251 g/mol. The Hall–Kier alpha value is -1.42. The van der Waals surface area contributed by atoms with Crippen molar-refractivity contribution < 1.29 is 14.3 Å². The molecule has 1 saturated carbocycles. The largest absolute Gasteiger partial charge is 0.393 e. The molecule has 1 aromatic carbocycles. The molecule has 0 radical (unpaired) electrons. The molecule has 1 N–H and O–H groups in total. The zero-order valence-electron chi connectivity index (χ0n) is 10.5. The summed E-state index contributed by atoms with van der Waals surface area (Å²) in [5, 5.41) is 9.43. The SMILES string of the molecule is CN(C(=O)C1CCC(O)CC1)c1ccc(F)cc1. The number of rotatable bonds is 2. The molecule has 0 saturated heterocycles. The third-order valence-corrected chi connectivity index (χ3v) is 3.59. The fraction of sp³-hybridized carbons (Fsp3) is 0.500. The molecule has 1 aromatic rings. The van der Waals surface area contributed by atoms with Gasteiger partial charge in [-0.15, -0.1) is 0 Å². The molecule has 0 aromatic heterocycles. The van der Waals surface area contributed by atoms with Crippen LogP contribution in [0.2, 0.25) is 0 Å². The highest BCUT2D eigenvalue weighted by Gasteiger charge is 2.27. The molecular weight excluding hydrogens is 233 g/mol. The number of aliphatic hydroxyl groups excluding tert-OH is 1. The van der Waals surface area contributed by atoms with Gasteiger partial charge < -0.3 is 10.0 Å². The molecule has 1 amide bonds. The highest BCUT2D eigenvalue weighted by Crippen LogP contribution is 2.27. The quantitative estimate of drug-likeness (QED) is 0.876. The Morgan fingerprint density at radius 3 is 2.33 bits per heavy atom. The standard InChI is InChI=1S/C14H18FNO2/c1-16(12-6-4-11(15)5-7-12)14(18)10-2-8-13(17)9-3-10/h4-7,10,13,17H,2-3,8-9H2,1H3. The van der Waals surface area contributed by atoms with E-state index < -0.39 is 0 Å². The van der Waals surface area contributed by atoms with E-state index >= 15 is 0 Å². The van der Waals surface area contributed by atoms with Crippen molar-refractivity contribution in [2.45, 2.75) is 31.8 Å². The van der Waals surface area contributed by atoms with E-state index in [1.165, 1.54) is 12.1 Å². The van der Waals surface area contributed by atoms with E-state index in [0.717, 1.165) is 12.8 Å². The zero-order valence-corrected chi connectivity index (χ0v) is 10.5. The van der Waals surface area contributed by atoms with Crippen LogP contribution in [0.4, 0.5) is 10.1 Å². The number of halogens is 1. The van der Waals surface area contributed by atoms with E-state index in [1.54, 1.807) is 24.1 Å². The second-order valence-electron chi connectivity index (χ2n) is 4.88. The number of carbonyl (C=O) groups is 1. The first-order chi connectivity index (χ1) is 8.58. The molecule has 2 rings (SSSR count). The van der Waals surface area contributed by atoms with Gasteiger partial charge in [0.05, 0.1) is 6.10 Å². The second kappa shape index (κ2) is 5.48. The summed E-state index contributed by atoms with van der Waals surface area (Å²) in [6, 6.07) is 5.91. The maximum Gasteiger partial charge on any atom is 0.229 e. The van der Waals surface area contributed by atoms with E-state index in [1.807, 2.05) is 0 Å². The molecule has 0 atom stereocenters. The van der Waals surface area contributed by atoms with Crippen LogP contribution in [0.15, 0.2) is 24.3 Å². The third-order valence-electron chi connectivity index (χ3n) is 3.59. The van der Waals surface area contributed by atoms with E-state index in [2.05, 4.69) is 0 Å². The van der Waals surface area contributed by atoms with Crippen LogP contribution in [0, 0.1) is 11.7 Å². The third kappa shape index (κ3) is 2.88. The lowest BCUT2D eigenvalue weighted by atomic mass is 9.86. The van der Waals surface area contributed by atoms with Gasteiger partial charge in [0, 0.05) is 18.7 Å². The van der Waals surface area contributed by atoms with E-state index in [4.69, 9.17) is 0 Å². The Morgan fingerprint density at radius 1 is 1.22 bits per heavy atom. The molecule has 1 aliphatic rings. The summed E-state index contributed by atoms with van der Waals surface area (Å²) >= 11 is 0. The normalized spacial score (nSPS) is 23.7. The molecule has 98 valence electrons. The number of hydrogen-bond donors (Lipinski definition) is 1. The van der Waals surface area contributed by atoms with E-state index in [0.29, 0.717) is 18.5 Å².